The van der Waals surface area contributed by atoms with Gasteiger partial charge in [0.15, 0.2) is 6.29 Å². The number of ether oxygens (including phenoxy) is 3. The SMILES string of the molecule is COC[C@@H]1CCOC([C@@H]2CCCC2P)O1. The van der Waals surface area contributed by atoms with Gasteiger partial charge in [0.05, 0.1) is 19.3 Å². The first-order valence-electron chi connectivity index (χ1n) is 5.83. The monoisotopic (exact) mass is 232 g/mol. The van der Waals surface area contributed by atoms with Crippen molar-refractivity contribution in [3.8, 4) is 0 Å². The van der Waals surface area contributed by atoms with E-state index < -0.39 is 0 Å². The highest BCUT2D eigenvalue weighted by Gasteiger charge is 2.36. The van der Waals surface area contributed by atoms with Crippen LogP contribution in [0.2, 0.25) is 0 Å². The zero-order valence-electron chi connectivity index (χ0n) is 9.35. The summed E-state index contributed by atoms with van der Waals surface area (Å²) in [6.07, 6.45) is 5.01. The Morgan fingerprint density at radius 1 is 1.33 bits per heavy atom. The molecule has 1 saturated heterocycles. The minimum atomic E-state index is 0.00361. The highest BCUT2D eigenvalue weighted by Crippen LogP contribution is 2.37. The van der Waals surface area contributed by atoms with E-state index in [-0.39, 0.29) is 12.4 Å². The van der Waals surface area contributed by atoms with Gasteiger partial charge in [0.1, 0.15) is 0 Å². The van der Waals surface area contributed by atoms with Crippen LogP contribution >= 0.6 is 9.24 Å². The maximum absolute atomic E-state index is 5.92. The van der Waals surface area contributed by atoms with Crippen LogP contribution in [0.25, 0.3) is 0 Å². The van der Waals surface area contributed by atoms with E-state index in [1.807, 2.05) is 0 Å². The first-order chi connectivity index (χ1) is 7.31. The summed E-state index contributed by atoms with van der Waals surface area (Å²) in [6, 6.07) is 0. The smallest absolute Gasteiger partial charge is 0.161 e. The Morgan fingerprint density at radius 2 is 2.20 bits per heavy atom. The summed E-state index contributed by atoms with van der Waals surface area (Å²) in [4.78, 5) is 0. The van der Waals surface area contributed by atoms with Crippen LogP contribution in [0.4, 0.5) is 0 Å². The van der Waals surface area contributed by atoms with Crippen LogP contribution in [-0.4, -0.2) is 38.4 Å². The molecule has 0 spiro atoms. The van der Waals surface area contributed by atoms with Crippen molar-refractivity contribution in [2.45, 2.75) is 43.7 Å². The molecule has 1 saturated carbocycles. The van der Waals surface area contributed by atoms with Crippen molar-refractivity contribution in [3.05, 3.63) is 0 Å². The van der Waals surface area contributed by atoms with E-state index in [0.717, 1.165) is 13.0 Å². The number of rotatable bonds is 3. The van der Waals surface area contributed by atoms with E-state index in [0.29, 0.717) is 18.2 Å². The zero-order chi connectivity index (χ0) is 10.7. The summed E-state index contributed by atoms with van der Waals surface area (Å²) in [6.45, 7) is 1.50. The van der Waals surface area contributed by atoms with Crippen LogP contribution < -0.4 is 0 Å². The van der Waals surface area contributed by atoms with Gasteiger partial charge in [-0.3, -0.25) is 0 Å². The van der Waals surface area contributed by atoms with E-state index in [1.165, 1.54) is 19.3 Å². The topological polar surface area (TPSA) is 27.7 Å². The number of hydrogen-bond acceptors (Lipinski definition) is 3. The van der Waals surface area contributed by atoms with Crippen molar-refractivity contribution in [1.82, 2.24) is 0 Å². The molecule has 2 aliphatic rings. The quantitative estimate of drug-likeness (QED) is 0.694. The Labute approximate surface area is 94.0 Å². The molecule has 5 atom stereocenters. The maximum Gasteiger partial charge on any atom is 0.161 e. The average Bonchev–Trinajstić information content (AvgIpc) is 2.65. The highest BCUT2D eigenvalue weighted by atomic mass is 31.0. The highest BCUT2D eigenvalue weighted by molar-refractivity contribution is 7.17. The van der Waals surface area contributed by atoms with Crippen LogP contribution in [0, 0.1) is 5.92 Å². The minimum Gasteiger partial charge on any atom is -0.382 e. The van der Waals surface area contributed by atoms with Crippen molar-refractivity contribution in [2.75, 3.05) is 20.3 Å². The lowest BCUT2D eigenvalue weighted by atomic mass is 10.1. The van der Waals surface area contributed by atoms with Crippen molar-refractivity contribution >= 4 is 9.24 Å². The Morgan fingerprint density at radius 3 is 2.87 bits per heavy atom. The lowest BCUT2D eigenvalue weighted by molar-refractivity contribution is -0.241. The van der Waals surface area contributed by atoms with Crippen molar-refractivity contribution in [1.29, 1.82) is 0 Å². The summed E-state index contributed by atoms with van der Waals surface area (Å²) in [7, 11) is 4.66. The van der Waals surface area contributed by atoms with E-state index in [2.05, 4.69) is 9.24 Å². The molecule has 0 aromatic rings. The summed E-state index contributed by atoms with van der Waals surface area (Å²) in [5.74, 6) is 0.564. The molecule has 88 valence electrons. The molecule has 2 fully saturated rings. The Balaban J connectivity index is 1.86. The van der Waals surface area contributed by atoms with Crippen LogP contribution in [0.3, 0.4) is 0 Å². The molecular weight excluding hydrogens is 211 g/mol. The van der Waals surface area contributed by atoms with Gasteiger partial charge in [-0.2, -0.15) is 0 Å². The van der Waals surface area contributed by atoms with Crippen LogP contribution in [-0.2, 0) is 14.2 Å². The van der Waals surface area contributed by atoms with Crippen LogP contribution in [0.15, 0.2) is 0 Å². The minimum absolute atomic E-state index is 0.00361. The third-order valence-electron chi connectivity index (χ3n) is 3.38. The first kappa shape index (κ1) is 11.8. The van der Waals surface area contributed by atoms with Gasteiger partial charge in [-0.1, -0.05) is 6.42 Å². The van der Waals surface area contributed by atoms with Gasteiger partial charge >= 0.3 is 0 Å². The van der Waals surface area contributed by atoms with E-state index >= 15 is 0 Å². The third kappa shape index (κ3) is 2.91. The maximum atomic E-state index is 5.92. The molecule has 2 rings (SSSR count). The van der Waals surface area contributed by atoms with Crippen molar-refractivity contribution in [3.63, 3.8) is 0 Å². The lowest BCUT2D eigenvalue weighted by Crippen LogP contribution is -2.40. The first-order valence-corrected chi connectivity index (χ1v) is 6.49. The molecule has 15 heavy (non-hydrogen) atoms. The van der Waals surface area contributed by atoms with E-state index in [9.17, 15) is 0 Å². The number of methoxy groups -OCH3 is 1. The predicted octanol–water partition coefficient (Wildman–Crippen LogP) is 1.81. The summed E-state index contributed by atoms with van der Waals surface area (Å²) in [5, 5.41) is 0. The third-order valence-corrected chi connectivity index (χ3v) is 4.20. The molecule has 0 bridgehead atoms. The molecule has 0 N–H and O–H groups in total. The Bertz CT molecular complexity index is 198. The summed E-state index contributed by atoms with van der Waals surface area (Å²) in [5.41, 5.74) is 0.663. The molecule has 1 aliphatic carbocycles. The van der Waals surface area contributed by atoms with Crippen molar-refractivity contribution < 1.29 is 14.2 Å². The molecule has 1 aliphatic heterocycles. The van der Waals surface area contributed by atoms with Gasteiger partial charge in [0, 0.05) is 13.0 Å². The second-order valence-electron chi connectivity index (χ2n) is 4.50. The fraction of sp³-hybridized carbons (Fsp3) is 1.00. The molecule has 3 unspecified atom stereocenters. The molecule has 0 aromatic heterocycles. The Hall–Kier alpha value is 0.310. The fourth-order valence-electron chi connectivity index (χ4n) is 2.50. The van der Waals surface area contributed by atoms with Crippen LogP contribution in [0.5, 0.6) is 0 Å². The standard InChI is InChI=1S/C11H21O3P/c1-12-7-8-5-6-13-11(14-8)9-3-2-4-10(9)15/h8-11H,2-7,15H2,1H3/t8-,9+,10?,11?/m0/s1. The van der Waals surface area contributed by atoms with Gasteiger partial charge in [-0.25, -0.2) is 0 Å². The fourth-order valence-corrected chi connectivity index (χ4v) is 3.11. The average molecular weight is 232 g/mol. The second kappa shape index (κ2) is 5.58. The zero-order valence-corrected chi connectivity index (χ0v) is 10.5. The number of hydrogen-bond donors (Lipinski definition) is 0. The van der Waals surface area contributed by atoms with Crippen LogP contribution in [0.1, 0.15) is 25.7 Å². The van der Waals surface area contributed by atoms with Gasteiger partial charge in [-0.05, 0) is 24.9 Å². The molecule has 0 radical (unpaired) electrons. The summed E-state index contributed by atoms with van der Waals surface area (Å²) < 4.78 is 16.8. The molecule has 3 nitrogen and oxygen atoms in total. The molecular formula is C11H21O3P. The Kier molecular flexibility index (Phi) is 4.39. The van der Waals surface area contributed by atoms with Gasteiger partial charge in [-0.15, -0.1) is 9.24 Å². The summed E-state index contributed by atoms with van der Waals surface area (Å²) >= 11 is 0. The largest absolute Gasteiger partial charge is 0.382 e. The molecule has 0 amide bonds. The molecule has 4 heteroatoms. The predicted molar refractivity (Wildman–Crippen MR) is 61.9 cm³/mol. The molecule has 1 heterocycles. The second-order valence-corrected chi connectivity index (χ2v) is 5.36. The van der Waals surface area contributed by atoms with Gasteiger partial charge in [0.2, 0.25) is 0 Å². The van der Waals surface area contributed by atoms with E-state index in [1.54, 1.807) is 7.11 Å². The van der Waals surface area contributed by atoms with Gasteiger partial charge in [0.25, 0.3) is 0 Å². The van der Waals surface area contributed by atoms with E-state index in [4.69, 9.17) is 14.2 Å². The van der Waals surface area contributed by atoms with Gasteiger partial charge < -0.3 is 14.2 Å². The lowest BCUT2D eigenvalue weighted by Gasteiger charge is -2.34. The molecule has 0 aromatic carbocycles. The van der Waals surface area contributed by atoms with Crippen molar-refractivity contribution in [2.24, 2.45) is 5.92 Å². The normalized spacial score (nSPS) is 42.0.